The van der Waals surface area contributed by atoms with Crippen LogP contribution in [0.15, 0.2) is 58.1 Å². The van der Waals surface area contributed by atoms with Crippen LogP contribution in [0.4, 0.5) is 0 Å². The highest BCUT2D eigenvalue weighted by molar-refractivity contribution is 6.31. The molecule has 3 aromatic rings. The van der Waals surface area contributed by atoms with E-state index in [0.717, 1.165) is 10.2 Å². The molecule has 2 aromatic carbocycles. The quantitative estimate of drug-likeness (QED) is 0.755. The van der Waals surface area contributed by atoms with Crippen molar-refractivity contribution in [3.05, 3.63) is 79.8 Å². The zero-order chi connectivity index (χ0) is 17.1. The lowest BCUT2D eigenvalue weighted by molar-refractivity contribution is -0.122. The smallest absolute Gasteiger partial charge is 0.273 e. The van der Waals surface area contributed by atoms with Crippen molar-refractivity contribution in [2.45, 2.75) is 13.1 Å². The van der Waals surface area contributed by atoms with Crippen molar-refractivity contribution in [3.8, 4) is 0 Å². The van der Waals surface area contributed by atoms with E-state index in [4.69, 9.17) is 11.6 Å². The lowest BCUT2D eigenvalue weighted by Crippen LogP contribution is -2.36. The predicted molar refractivity (Wildman–Crippen MR) is 92.1 cm³/mol. The summed E-state index contributed by atoms with van der Waals surface area (Å²) in [5.74, 6) is -0.400. The molecule has 0 aliphatic carbocycles. The van der Waals surface area contributed by atoms with Crippen LogP contribution >= 0.6 is 11.6 Å². The van der Waals surface area contributed by atoms with Crippen molar-refractivity contribution in [3.63, 3.8) is 0 Å². The van der Waals surface area contributed by atoms with Gasteiger partial charge in [-0.25, -0.2) is 4.68 Å². The topological polar surface area (TPSA) is 84.0 Å². The van der Waals surface area contributed by atoms with E-state index in [9.17, 15) is 14.4 Å². The summed E-state index contributed by atoms with van der Waals surface area (Å²) in [6, 6.07) is 13.6. The van der Waals surface area contributed by atoms with Crippen molar-refractivity contribution in [1.82, 2.24) is 15.1 Å². The van der Waals surface area contributed by atoms with Gasteiger partial charge in [-0.3, -0.25) is 19.5 Å². The van der Waals surface area contributed by atoms with E-state index < -0.39 is 17.0 Å². The number of benzene rings is 2. The number of carbonyl (C=O) groups is 1. The first-order chi connectivity index (χ1) is 11.6. The van der Waals surface area contributed by atoms with Crippen LogP contribution in [0.2, 0.25) is 5.02 Å². The van der Waals surface area contributed by atoms with E-state index in [1.54, 1.807) is 42.5 Å². The third-order valence-electron chi connectivity index (χ3n) is 3.62. The van der Waals surface area contributed by atoms with E-state index in [-0.39, 0.29) is 18.5 Å². The fraction of sp³-hybridized carbons (Fsp3) is 0.118. The van der Waals surface area contributed by atoms with E-state index in [1.165, 1.54) is 0 Å². The molecule has 0 radical (unpaired) electrons. The molecule has 1 amide bonds. The number of halogens is 1. The van der Waals surface area contributed by atoms with Crippen molar-refractivity contribution in [1.29, 1.82) is 0 Å². The molecule has 6 nitrogen and oxygen atoms in total. The summed E-state index contributed by atoms with van der Waals surface area (Å²) in [5, 5.41) is 6.23. The van der Waals surface area contributed by atoms with Crippen LogP contribution in [0.1, 0.15) is 5.56 Å². The third kappa shape index (κ3) is 3.23. The average Bonchev–Trinajstić information content (AvgIpc) is 2.59. The van der Waals surface area contributed by atoms with Crippen LogP contribution in [0.3, 0.4) is 0 Å². The maximum absolute atomic E-state index is 12.3. The number of nitrogens with zero attached hydrogens (tertiary/aromatic N) is 1. The molecule has 0 saturated heterocycles. The maximum atomic E-state index is 12.3. The molecule has 0 aliphatic rings. The molecule has 0 aliphatic heterocycles. The van der Waals surface area contributed by atoms with Crippen LogP contribution in [0, 0.1) is 0 Å². The lowest BCUT2D eigenvalue weighted by Gasteiger charge is -2.09. The molecule has 0 spiro atoms. The van der Waals surface area contributed by atoms with Crippen LogP contribution in [0.25, 0.3) is 10.8 Å². The summed E-state index contributed by atoms with van der Waals surface area (Å²) in [6.07, 6.45) is 0. The lowest BCUT2D eigenvalue weighted by atomic mass is 10.2. The van der Waals surface area contributed by atoms with Crippen LogP contribution in [0.5, 0.6) is 0 Å². The van der Waals surface area contributed by atoms with Gasteiger partial charge in [0.25, 0.3) is 11.1 Å². The molecule has 0 fully saturated rings. The molecule has 1 aromatic heterocycles. The molecular formula is C17H14ClN3O3. The number of aromatic nitrogens is 2. The number of H-pyrrole nitrogens is 1. The zero-order valence-corrected chi connectivity index (χ0v) is 13.3. The monoisotopic (exact) mass is 343 g/mol. The Labute approximate surface area is 141 Å². The van der Waals surface area contributed by atoms with Crippen molar-refractivity contribution in [2.24, 2.45) is 0 Å². The third-order valence-corrected chi connectivity index (χ3v) is 3.99. The van der Waals surface area contributed by atoms with E-state index in [0.29, 0.717) is 10.4 Å². The van der Waals surface area contributed by atoms with Gasteiger partial charge in [0.2, 0.25) is 5.91 Å². The summed E-state index contributed by atoms with van der Waals surface area (Å²) in [4.78, 5) is 36.4. The van der Waals surface area contributed by atoms with Gasteiger partial charge in [-0.1, -0.05) is 41.9 Å². The summed E-state index contributed by atoms with van der Waals surface area (Å²) < 4.78 is 1.01. The normalized spacial score (nSPS) is 10.7. The van der Waals surface area contributed by atoms with Gasteiger partial charge in [-0.05, 0) is 23.8 Å². The number of nitrogens with one attached hydrogen (secondary N) is 2. The molecule has 2 N–H and O–H groups in total. The number of amides is 1. The molecule has 0 bridgehead atoms. The molecule has 1 heterocycles. The molecular weight excluding hydrogens is 330 g/mol. The van der Waals surface area contributed by atoms with Gasteiger partial charge in [0.15, 0.2) is 0 Å². The largest absolute Gasteiger partial charge is 0.350 e. The van der Waals surface area contributed by atoms with Gasteiger partial charge >= 0.3 is 0 Å². The first-order valence-electron chi connectivity index (χ1n) is 7.28. The number of hydrogen-bond donors (Lipinski definition) is 2. The molecule has 0 saturated carbocycles. The van der Waals surface area contributed by atoms with Crippen molar-refractivity contribution >= 4 is 28.3 Å². The number of fused-ring (bicyclic) bond motifs is 1. The Morgan fingerprint density at radius 3 is 2.46 bits per heavy atom. The predicted octanol–water partition coefficient (Wildman–Crippen LogP) is 1.66. The van der Waals surface area contributed by atoms with Gasteiger partial charge in [0, 0.05) is 11.6 Å². The summed E-state index contributed by atoms with van der Waals surface area (Å²) >= 11 is 6.03. The highest BCUT2D eigenvalue weighted by Crippen LogP contribution is 2.14. The fourth-order valence-corrected chi connectivity index (χ4v) is 2.60. The Morgan fingerprint density at radius 1 is 1.04 bits per heavy atom. The van der Waals surface area contributed by atoms with Gasteiger partial charge in [-0.2, -0.15) is 0 Å². The average molecular weight is 344 g/mol. The van der Waals surface area contributed by atoms with E-state index in [1.807, 2.05) is 6.07 Å². The first-order valence-corrected chi connectivity index (χ1v) is 7.66. The number of hydrogen-bond acceptors (Lipinski definition) is 3. The van der Waals surface area contributed by atoms with Gasteiger partial charge < -0.3 is 5.32 Å². The Morgan fingerprint density at radius 2 is 1.71 bits per heavy atom. The van der Waals surface area contributed by atoms with Crippen molar-refractivity contribution < 1.29 is 4.79 Å². The van der Waals surface area contributed by atoms with Crippen molar-refractivity contribution in [2.75, 3.05) is 0 Å². The minimum Gasteiger partial charge on any atom is -0.350 e. The molecule has 7 heteroatoms. The van der Waals surface area contributed by atoms with Gasteiger partial charge in [0.1, 0.15) is 6.54 Å². The second-order valence-electron chi connectivity index (χ2n) is 5.25. The Hall–Kier alpha value is -2.86. The molecule has 0 unspecified atom stereocenters. The first kappa shape index (κ1) is 16.0. The van der Waals surface area contributed by atoms with Crippen LogP contribution in [-0.2, 0) is 17.9 Å². The summed E-state index contributed by atoms with van der Waals surface area (Å²) in [7, 11) is 0. The second-order valence-corrected chi connectivity index (χ2v) is 5.65. The Kier molecular flexibility index (Phi) is 4.48. The minimum absolute atomic E-state index is 0.241. The highest BCUT2D eigenvalue weighted by atomic mass is 35.5. The molecule has 3 rings (SSSR count). The van der Waals surface area contributed by atoms with Crippen LogP contribution < -0.4 is 16.4 Å². The number of carbonyl (C=O) groups excluding carboxylic acids is 1. The highest BCUT2D eigenvalue weighted by Gasteiger charge is 2.10. The molecule has 0 atom stereocenters. The van der Waals surface area contributed by atoms with E-state index >= 15 is 0 Å². The Balaban J connectivity index is 1.79. The summed E-state index contributed by atoms with van der Waals surface area (Å²) in [6.45, 7) is -0.0333. The molecule has 122 valence electrons. The zero-order valence-electron chi connectivity index (χ0n) is 12.6. The Bertz CT molecular complexity index is 1020. The minimum atomic E-state index is -0.418. The fourth-order valence-electron chi connectivity index (χ4n) is 2.39. The maximum Gasteiger partial charge on any atom is 0.273 e. The van der Waals surface area contributed by atoms with E-state index in [2.05, 4.69) is 10.4 Å². The van der Waals surface area contributed by atoms with Gasteiger partial charge in [-0.15, -0.1) is 0 Å². The number of rotatable bonds is 4. The summed E-state index contributed by atoms with van der Waals surface area (Å²) in [5.41, 5.74) is -0.0611. The number of aromatic amines is 1. The van der Waals surface area contributed by atoms with Gasteiger partial charge in [0.05, 0.1) is 10.8 Å². The van der Waals surface area contributed by atoms with Crippen LogP contribution in [-0.4, -0.2) is 15.7 Å². The SMILES string of the molecule is O=C(Cn1[nH]c(=O)c2ccccc2c1=O)NCc1ccccc1Cl. The molecule has 24 heavy (non-hydrogen) atoms. The second kappa shape index (κ2) is 6.72. The standard InChI is InChI=1S/C17H14ClN3O3/c18-14-8-4-1-5-11(14)9-19-15(22)10-21-17(24)13-7-3-2-6-12(13)16(23)20-21/h1-8H,9-10H2,(H,19,22)(H,20,23).